The minimum atomic E-state index is -0.0678. The number of nitrogens with one attached hydrogen (secondary N) is 2. The Labute approximate surface area is 85.3 Å². The van der Waals surface area contributed by atoms with Crippen LogP contribution in [0.15, 0.2) is 12.7 Å². The first kappa shape index (κ1) is 11.2. The molecule has 1 amide bonds. The van der Waals surface area contributed by atoms with Crippen molar-refractivity contribution in [3.05, 3.63) is 12.7 Å². The predicted molar refractivity (Wildman–Crippen MR) is 57.1 cm³/mol. The summed E-state index contributed by atoms with van der Waals surface area (Å²) in [6, 6.07) is 0.182. The van der Waals surface area contributed by atoms with E-state index in [1.165, 1.54) is 0 Å². The molecule has 80 valence electrons. The highest BCUT2D eigenvalue weighted by atomic mass is 16.2. The highest BCUT2D eigenvalue weighted by Gasteiger charge is 2.29. The lowest BCUT2D eigenvalue weighted by Gasteiger charge is -2.37. The van der Waals surface area contributed by atoms with Gasteiger partial charge in [0.15, 0.2) is 0 Å². The lowest BCUT2D eigenvalue weighted by Crippen LogP contribution is -2.59. The third kappa shape index (κ3) is 2.33. The number of likely N-dealkylation sites (N-methyl/N-ethyl adjacent to an activating group) is 1. The second-order valence-electron chi connectivity index (χ2n) is 3.55. The van der Waals surface area contributed by atoms with E-state index >= 15 is 0 Å². The second-order valence-corrected chi connectivity index (χ2v) is 3.55. The number of carbonyl (C=O) groups is 1. The molecule has 1 fully saturated rings. The van der Waals surface area contributed by atoms with Gasteiger partial charge >= 0.3 is 0 Å². The molecule has 1 aliphatic rings. The number of carbonyl (C=O) groups excluding carboxylic acids is 1. The molecule has 4 heteroatoms. The number of hydrogen-bond acceptors (Lipinski definition) is 3. The fraction of sp³-hybridized carbons (Fsp3) is 0.700. The molecule has 0 aliphatic carbocycles. The van der Waals surface area contributed by atoms with Gasteiger partial charge in [0.1, 0.15) is 6.04 Å². The standard InChI is InChI=1S/C10H19N3O/c1-4-8(2)13-6-5-12-7-9(13)10(14)11-3/h4,8-9,12H,1,5-7H2,2-3H3,(H,11,14). The summed E-state index contributed by atoms with van der Waals surface area (Å²) >= 11 is 0. The Kier molecular flexibility index (Phi) is 4.10. The number of hydrogen-bond donors (Lipinski definition) is 2. The molecule has 0 spiro atoms. The van der Waals surface area contributed by atoms with E-state index in [0.29, 0.717) is 0 Å². The first-order valence-corrected chi connectivity index (χ1v) is 5.01. The van der Waals surface area contributed by atoms with Crippen molar-refractivity contribution in [3.8, 4) is 0 Å². The van der Waals surface area contributed by atoms with Crippen LogP contribution in [-0.4, -0.2) is 49.6 Å². The van der Waals surface area contributed by atoms with Gasteiger partial charge in [-0.2, -0.15) is 0 Å². The van der Waals surface area contributed by atoms with Gasteiger partial charge in [0.25, 0.3) is 0 Å². The Hall–Kier alpha value is -0.870. The molecule has 1 saturated heterocycles. The molecule has 2 N–H and O–H groups in total. The SMILES string of the molecule is C=CC(C)N1CCNCC1C(=O)NC. The summed E-state index contributed by atoms with van der Waals surface area (Å²) in [5.41, 5.74) is 0. The average molecular weight is 197 g/mol. The van der Waals surface area contributed by atoms with E-state index in [0.717, 1.165) is 19.6 Å². The molecular weight excluding hydrogens is 178 g/mol. The van der Waals surface area contributed by atoms with Crippen LogP contribution < -0.4 is 10.6 Å². The molecule has 2 atom stereocenters. The predicted octanol–water partition coefficient (Wildman–Crippen LogP) is -0.419. The molecule has 1 rings (SSSR count). The molecule has 14 heavy (non-hydrogen) atoms. The van der Waals surface area contributed by atoms with E-state index in [2.05, 4.69) is 29.0 Å². The van der Waals surface area contributed by atoms with Crippen molar-refractivity contribution in [2.45, 2.75) is 19.0 Å². The lowest BCUT2D eigenvalue weighted by atomic mass is 10.1. The molecule has 0 bridgehead atoms. The van der Waals surface area contributed by atoms with Gasteiger partial charge in [-0.15, -0.1) is 6.58 Å². The third-order valence-electron chi connectivity index (χ3n) is 2.70. The minimum absolute atomic E-state index is 0.0678. The van der Waals surface area contributed by atoms with Gasteiger partial charge in [0, 0.05) is 32.7 Å². The fourth-order valence-corrected chi connectivity index (χ4v) is 1.75. The number of rotatable bonds is 3. The van der Waals surface area contributed by atoms with Gasteiger partial charge in [-0.3, -0.25) is 9.69 Å². The van der Waals surface area contributed by atoms with Crippen LogP contribution in [0.25, 0.3) is 0 Å². The van der Waals surface area contributed by atoms with Crippen molar-refractivity contribution in [1.29, 1.82) is 0 Å². The van der Waals surface area contributed by atoms with E-state index in [-0.39, 0.29) is 18.0 Å². The highest BCUT2D eigenvalue weighted by molar-refractivity contribution is 5.81. The molecule has 0 saturated carbocycles. The highest BCUT2D eigenvalue weighted by Crippen LogP contribution is 2.09. The summed E-state index contributed by atoms with van der Waals surface area (Å²) < 4.78 is 0. The molecule has 4 nitrogen and oxygen atoms in total. The Morgan fingerprint density at radius 3 is 3.07 bits per heavy atom. The zero-order chi connectivity index (χ0) is 10.6. The van der Waals surface area contributed by atoms with Crippen LogP contribution in [-0.2, 0) is 4.79 Å². The van der Waals surface area contributed by atoms with Crippen molar-refractivity contribution < 1.29 is 4.79 Å². The van der Waals surface area contributed by atoms with Gasteiger partial charge in [-0.1, -0.05) is 6.08 Å². The zero-order valence-corrected chi connectivity index (χ0v) is 8.92. The molecule has 0 radical (unpaired) electrons. The minimum Gasteiger partial charge on any atom is -0.358 e. The average Bonchev–Trinajstić information content (AvgIpc) is 2.27. The maximum Gasteiger partial charge on any atom is 0.238 e. The summed E-state index contributed by atoms with van der Waals surface area (Å²) in [5, 5.41) is 5.91. The van der Waals surface area contributed by atoms with E-state index < -0.39 is 0 Å². The van der Waals surface area contributed by atoms with Crippen molar-refractivity contribution in [2.75, 3.05) is 26.7 Å². The van der Waals surface area contributed by atoms with Gasteiger partial charge in [-0.05, 0) is 6.92 Å². The first-order chi connectivity index (χ1) is 6.70. The van der Waals surface area contributed by atoms with E-state index in [4.69, 9.17) is 0 Å². The van der Waals surface area contributed by atoms with Gasteiger partial charge in [0.05, 0.1) is 0 Å². The summed E-state index contributed by atoms with van der Waals surface area (Å²) in [4.78, 5) is 13.7. The Balaban J connectivity index is 2.67. The summed E-state index contributed by atoms with van der Waals surface area (Å²) in [6.45, 7) is 8.38. The Morgan fingerprint density at radius 1 is 1.79 bits per heavy atom. The first-order valence-electron chi connectivity index (χ1n) is 5.01. The van der Waals surface area contributed by atoms with Crippen molar-refractivity contribution in [2.24, 2.45) is 0 Å². The van der Waals surface area contributed by atoms with Gasteiger partial charge in [-0.25, -0.2) is 0 Å². The number of amides is 1. The lowest BCUT2D eigenvalue weighted by molar-refractivity contribution is -0.127. The van der Waals surface area contributed by atoms with Crippen LogP contribution in [0.4, 0.5) is 0 Å². The molecule has 0 aromatic carbocycles. The van der Waals surface area contributed by atoms with Gasteiger partial charge in [0.2, 0.25) is 5.91 Å². The topological polar surface area (TPSA) is 44.4 Å². The largest absolute Gasteiger partial charge is 0.358 e. The quantitative estimate of drug-likeness (QED) is 0.604. The van der Waals surface area contributed by atoms with Crippen molar-refractivity contribution in [3.63, 3.8) is 0 Å². The summed E-state index contributed by atoms with van der Waals surface area (Å²) in [5.74, 6) is 0.0749. The number of nitrogens with zero attached hydrogens (tertiary/aromatic N) is 1. The molecule has 2 unspecified atom stereocenters. The Bertz CT molecular complexity index is 217. The van der Waals surface area contributed by atoms with E-state index in [1.54, 1.807) is 7.05 Å². The van der Waals surface area contributed by atoms with Crippen LogP contribution in [0, 0.1) is 0 Å². The van der Waals surface area contributed by atoms with Crippen LogP contribution in [0.5, 0.6) is 0 Å². The van der Waals surface area contributed by atoms with E-state index in [9.17, 15) is 4.79 Å². The maximum absolute atomic E-state index is 11.6. The second kappa shape index (κ2) is 5.12. The monoisotopic (exact) mass is 197 g/mol. The smallest absolute Gasteiger partial charge is 0.238 e. The fourth-order valence-electron chi connectivity index (χ4n) is 1.75. The molecule has 0 aromatic heterocycles. The summed E-state index contributed by atoms with van der Waals surface area (Å²) in [6.07, 6.45) is 1.88. The van der Waals surface area contributed by atoms with E-state index in [1.807, 2.05) is 6.08 Å². The normalized spacial score (nSPS) is 25.4. The van der Waals surface area contributed by atoms with Crippen molar-refractivity contribution >= 4 is 5.91 Å². The van der Waals surface area contributed by atoms with Crippen molar-refractivity contribution in [1.82, 2.24) is 15.5 Å². The van der Waals surface area contributed by atoms with Gasteiger partial charge < -0.3 is 10.6 Å². The molecule has 0 aromatic rings. The molecule has 1 heterocycles. The molecular formula is C10H19N3O. The third-order valence-corrected chi connectivity index (χ3v) is 2.70. The molecule has 1 aliphatic heterocycles. The summed E-state index contributed by atoms with van der Waals surface area (Å²) in [7, 11) is 1.67. The van der Waals surface area contributed by atoms with Crippen LogP contribution in [0.3, 0.4) is 0 Å². The van der Waals surface area contributed by atoms with Crippen LogP contribution >= 0.6 is 0 Å². The number of piperazine rings is 1. The van der Waals surface area contributed by atoms with Crippen LogP contribution in [0.2, 0.25) is 0 Å². The van der Waals surface area contributed by atoms with Crippen LogP contribution in [0.1, 0.15) is 6.92 Å². The Morgan fingerprint density at radius 2 is 2.50 bits per heavy atom. The zero-order valence-electron chi connectivity index (χ0n) is 8.92. The maximum atomic E-state index is 11.6.